The number of rotatable bonds is 13. The number of methoxy groups -OCH3 is 1. The second-order valence-electron chi connectivity index (χ2n) is 11.2. The molecule has 3 heterocycles. The monoisotopic (exact) mass is 695 g/mol. The molecule has 3 aromatic carbocycles. The van der Waals surface area contributed by atoms with Crippen molar-refractivity contribution < 1.29 is 19.2 Å². The van der Waals surface area contributed by atoms with Crippen LogP contribution in [0.3, 0.4) is 0 Å². The van der Waals surface area contributed by atoms with E-state index in [-0.39, 0.29) is 41.1 Å². The number of nitro benzene ring substituents is 1. The molecule has 14 heteroatoms. The first-order chi connectivity index (χ1) is 23.8. The summed E-state index contributed by atoms with van der Waals surface area (Å²) in [6.45, 7) is 2.10. The Hall–Kier alpha value is -5.34. The number of aryl methyl sites for hydroxylation is 1. The molecule has 250 valence electrons. The Balaban J connectivity index is 1.20. The maximum Gasteiger partial charge on any atom is 0.273 e. The van der Waals surface area contributed by atoms with Crippen LogP contribution in [0.1, 0.15) is 50.2 Å². The summed E-state index contributed by atoms with van der Waals surface area (Å²) in [6, 6.07) is 25.7. The third-order valence-corrected chi connectivity index (χ3v) is 10.1. The molecule has 1 atom stereocenters. The lowest BCUT2D eigenvalue weighted by Gasteiger charge is -2.22. The zero-order chi connectivity index (χ0) is 34.3. The molecule has 0 spiro atoms. The summed E-state index contributed by atoms with van der Waals surface area (Å²) in [5.74, 6) is 0.665. The summed E-state index contributed by atoms with van der Waals surface area (Å²) in [6.07, 6.45) is 1.26. The van der Waals surface area contributed by atoms with Gasteiger partial charge in [-0.3, -0.25) is 19.7 Å². The third-order valence-electron chi connectivity index (χ3n) is 8.21. The van der Waals surface area contributed by atoms with Gasteiger partial charge in [-0.25, -0.2) is 5.01 Å². The fourth-order valence-corrected chi connectivity index (χ4v) is 7.16. The van der Waals surface area contributed by atoms with Crippen molar-refractivity contribution in [3.05, 3.63) is 133 Å². The largest absolute Gasteiger partial charge is 0.497 e. The average Bonchev–Trinajstić information content (AvgIpc) is 3.90. The van der Waals surface area contributed by atoms with E-state index in [0.717, 1.165) is 27.5 Å². The maximum absolute atomic E-state index is 13.8. The van der Waals surface area contributed by atoms with Crippen LogP contribution in [0.25, 0.3) is 0 Å². The molecule has 0 radical (unpaired) electrons. The number of thiophene rings is 1. The smallest absolute Gasteiger partial charge is 0.273 e. The lowest BCUT2D eigenvalue weighted by molar-refractivity contribution is -0.385. The Morgan fingerprint density at radius 2 is 1.84 bits per heavy atom. The van der Waals surface area contributed by atoms with Crippen molar-refractivity contribution in [2.75, 3.05) is 12.9 Å². The average molecular weight is 696 g/mol. The van der Waals surface area contributed by atoms with Crippen molar-refractivity contribution >= 4 is 46.3 Å². The van der Waals surface area contributed by atoms with Crippen molar-refractivity contribution in [1.29, 1.82) is 0 Å². The van der Waals surface area contributed by atoms with E-state index < -0.39 is 10.8 Å². The molecule has 1 unspecified atom stereocenters. The zero-order valence-corrected chi connectivity index (χ0v) is 28.4. The number of hydrogen-bond acceptors (Lipinski definition) is 10. The van der Waals surface area contributed by atoms with Crippen molar-refractivity contribution in [3.8, 4) is 5.75 Å². The molecule has 5 aromatic rings. The number of nitrogens with one attached hydrogen (secondary N) is 1. The van der Waals surface area contributed by atoms with Crippen LogP contribution < -0.4 is 10.1 Å². The van der Waals surface area contributed by atoms with Crippen LogP contribution in [-0.4, -0.2) is 55.1 Å². The standard InChI is InChI=1S/C35H33N7O5S2/c1-23-27(10-6-11-29(23)42(45)46)34(44)36-21-32-37-38-35(40(32)18-17-24-8-4-3-5-9-24)49-22-33(43)41-30(25-13-15-26(47-2)16-14-25)20-28(39-41)31-12-7-19-48-31/h3-16,19,30H,17-18,20-22H2,1-2H3,(H,36,44). The predicted molar refractivity (Wildman–Crippen MR) is 188 cm³/mol. The van der Waals surface area contributed by atoms with E-state index in [1.54, 1.807) is 36.4 Å². The first-order valence-electron chi connectivity index (χ1n) is 15.5. The molecule has 0 fully saturated rings. The van der Waals surface area contributed by atoms with Gasteiger partial charge in [0.15, 0.2) is 11.0 Å². The van der Waals surface area contributed by atoms with Crippen LogP contribution >= 0.6 is 23.1 Å². The fourth-order valence-electron chi connectivity index (χ4n) is 5.60. The van der Waals surface area contributed by atoms with Gasteiger partial charge in [0, 0.05) is 30.2 Å². The summed E-state index contributed by atoms with van der Waals surface area (Å²) >= 11 is 2.85. The van der Waals surface area contributed by atoms with Gasteiger partial charge in [0.2, 0.25) is 0 Å². The second kappa shape index (κ2) is 15.3. The Labute approximate surface area is 291 Å². The maximum atomic E-state index is 13.8. The summed E-state index contributed by atoms with van der Waals surface area (Å²) in [5, 5.41) is 31.9. The molecule has 2 amide bonds. The number of nitrogens with zero attached hydrogens (tertiary/aromatic N) is 6. The van der Waals surface area contributed by atoms with Crippen molar-refractivity contribution in [2.45, 2.75) is 44.1 Å². The Morgan fingerprint density at radius 3 is 2.55 bits per heavy atom. The number of nitro groups is 1. The third kappa shape index (κ3) is 7.71. The van der Waals surface area contributed by atoms with Gasteiger partial charge in [0.1, 0.15) is 5.75 Å². The van der Waals surface area contributed by atoms with Gasteiger partial charge in [0.05, 0.1) is 41.0 Å². The molecule has 49 heavy (non-hydrogen) atoms. The minimum absolute atomic E-state index is 0.0391. The van der Waals surface area contributed by atoms with Crippen LogP contribution in [-0.2, 0) is 24.3 Å². The lowest BCUT2D eigenvalue weighted by Crippen LogP contribution is -2.28. The van der Waals surface area contributed by atoms with Crippen molar-refractivity contribution in [2.24, 2.45) is 5.10 Å². The van der Waals surface area contributed by atoms with E-state index in [9.17, 15) is 19.7 Å². The second-order valence-corrected chi connectivity index (χ2v) is 13.1. The van der Waals surface area contributed by atoms with Crippen LogP contribution in [0.4, 0.5) is 5.69 Å². The Bertz CT molecular complexity index is 1980. The van der Waals surface area contributed by atoms with Crippen molar-refractivity contribution in [1.82, 2.24) is 25.1 Å². The predicted octanol–water partition coefficient (Wildman–Crippen LogP) is 6.21. The molecule has 0 bridgehead atoms. The number of hydrazone groups is 1. The normalized spacial score (nSPS) is 14.0. The highest BCUT2D eigenvalue weighted by Crippen LogP contribution is 2.35. The molecule has 1 aliphatic rings. The number of thioether (sulfide) groups is 1. The number of carbonyl (C=O) groups is 2. The number of aromatic nitrogens is 3. The molecule has 0 saturated heterocycles. The highest BCUT2D eigenvalue weighted by molar-refractivity contribution is 7.99. The van der Waals surface area contributed by atoms with E-state index in [2.05, 4.69) is 15.5 Å². The molecule has 0 aliphatic carbocycles. The fraction of sp³-hybridized carbons (Fsp3) is 0.229. The number of amides is 2. The van der Waals surface area contributed by atoms with Crippen LogP contribution in [0.5, 0.6) is 5.75 Å². The topological polar surface area (TPSA) is 145 Å². The van der Waals surface area contributed by atoms with Gasteiger partial charge in [-0.05, 0) is 54.1 Å². The van der Waals surface area contributed by atoms with Gasteiger partial charge >= 0.3 is 0 Å². The Morgan fingerprint density at radius 1 is 1.04 bits per heavy atom. The van der Waals surface area contributed by atoms with Gasteiger partial charge in [-0.1, -0.05) is 66.4 Å². The van der Waals surface area contributed by atoms with Crippen molar-refractivity contribution in [3.63, 3.8) is 0 Å². The molecule has 2 aromatic heterocycles. The SMILES string of the molecule is COc1ccc(C2CC(c3cccs3)=NN2C(=O)CSc2nnc(CNC(=O)c3cccc([N+](=O)[O-])c3C)n2CCc2ccccc2)cc1. The first kappa shape index (κ1) is 33.6. The van der Waals surface area contributed by atoms with E-state index in [0.29, 0.717) is 30.4 Å². The van der Waals surface area contributed by atoms with Gasteiger partial charge in [-0.15, -0.1) is 21.5 Å². The number of hydrogen-bond donors (Lipinski definition) is 1. The molecule has 12 nitrogen and oxygen atoms in total. The highest BCUT2D eigenvalue weighted by Gasteiger charge is 2.34. The molecule has 0 saturated carbocycles. The minimum Gasteiger partial charge on any atom is -0.497 e. The lowest BCUT2D eigenvalue weighted by atomic mass is 10.0. The molecular formula is C35H33N7O5S2. The van der Waals surface area contributed by atoms with E-state index >= 15 is 0 Å². The highest BCUT2D eigenvalue weighted by atomic mass is 32.2. The number of ether oxygens (including phenoxy) is 1. The van der Waals surface area contributed by atoms with Gasteiger partial charge in [0.25, 0.3) is 17.5 Å². The molecule has 1 aliphatic heterocycles. The summed E-state index contributed by atoms with van der Waals surface area (Å²) in [4.78, 5) is 38.9. The van der Waals surface area contributed by atoms with Gasteiger partial charge < -0.3 is 14.6 Å². The quantitative estimate of drug-likeness (QED) is 0.0870. The first-order valence-corrected chi connectivity index (χ1v) is 17.4. The van der Waals surface area contributed by atoms with E-state index in [1.807, 2.05) is 76.7 Å². The molecule has 1 N–H and O–H groups in total. The zero-order valence-electron chi connectivity index (χ0n) is 26.8. The molecule has 6 rings (SSSR count). The van der Waals surface area contributed by atoms with Crippen LogP contribution in [0.2, 0.25) is 0 Å². The number of benzene rings is 3. The number of carbonyl (C=O) groups excluding carboxylic acids is 2. The van der Waals surface area contributed by atoms with Gasteiger partial charge in [-0.2, -0.15) is 5.10 Å². The van der Waals surface area contributed by atoms with E-state index in [1.165, 1.54) is 23.9 Å². The van der Waals surface area contributed by atoms with Crippen LogP contribution in [0, 0.1) is 17.0 Å². The van der Waals surface area contributed by atoms with E-state index in [4.69, 9.17) is 9.84 Å². The summed E-state index contributed by atoms with van der Waals surface area (Å²) < 4.78 is 7.23. The minimum atomic E-state index is -0.507. The summed E-state index contributed by atoms with van der Waals surface area (Å²) in [5.41, 5.74) is 3.30. The molecular weight excluding hydrogens is 663 g/mol. The summed E-state index contributed by atoms with van der Waals surface area (Å²) in [7, 11) is 1.62. The Kier molecular flexibility index (Phi) is 10.4. The van der Waals surface area contributed by atoms with Crippen LogP contribution in [0.15, 0.2) is 101 Å².